The molecule has 21 heavy (non-hydrogen) atoms. The molecule has 6 heteroatoms. The van der Waals surface area contributed by atoms with Crippen molar-refractivity contribution in [2.24, 2.45) is 0 Å². The van der Waals surface area contributed by atoms with Gasteiger partial charge in [-0.25, -0.2) is 0 Å². The normalized spacial score (nSPS) is 12.0. The topological polar surface area (TPSA) is 62.7 Å². The minimum atomic E-state index is 0.193. The molecule has 0 saturated heterocycles. The predicted molar refractivity (Wildman–Crippen MR) is 87.0 cm³/mol. The third-order valence-electron chi connectivity index (χ3n) is 3.08. The van der Waals surface area contributed by atoms with Crippen LogP contribution in [0.1, 0.15) is 31.7 Å². The molecule has 0 amide bonds. The predicted octanol–water partition coefficient (Wildman–Crippen LogP) is 3.56. The van der Waals surface area contributed by atoms with Crippen molar-refractivity contribution in [2.45, 2.75) is 26.2 Å². The Bertz CT molecular complexity index is 561. The van der Waals surface area contributed by atoms with Gasteiger partial charge in [0.2, 0.25) is 17.2 Å². The number of hydrogen-bond acceptors (Lipinski definition) is 5. The fraction of sp³-hybridized carbons (Fsp3) is 0.400. The van der Waals surface area contributed by atoms with E-state index in [1.165, 1.54) is 5.56 Å². The zero-order chi connectivity index (χ0) is 15.1. The van der Waals surface area contributed by atoms with E-state index in [4.69, 9.17) is 11.6 Å². The molecule has 1 aromatic carbocycles. The van der Waals surface area contributed by atoms with Crippen molar-refractivity contribution in [2.75, 3.05) is 23.7 Å². The summed E-state index contributed by atoms with van der Waals surface area (Å²) < 4.78 is 0. The van der Waals surface area contributed by atoms with Crippen LogP contribution >= 0.6 is 11.6 Å². The van der Waals surface area contributed by atoms with E-state index in [1.54, 1.807) is 0 Å². The van der Waals surface area contributed by atoms with Crippen LogP contribution in [0.2, 0.25) is 5.28 Å². The lowest BCUT2D eigenvalue weighted by Crippen LogP contribution is -2.14. The Morgan fingerprint density at radius 3 is 2.38 bits per heavy atom. The number of rotatable bonds is 7. The second kappa shape index (κ2) is 7.78. The van der Waals surface area contributed by atoms with Crippen LogP contribution in [-0.4, -0.2) is 28.0 Å². The number of nitrogens with one attached hydrogen (secondary N) is 2. The Morgan fingerprint density at radius 2 is 1.71 bits per heavy atom. The molecule has 0 aliphatic carbocycles. The molecular formula is C15H20ClN5. The van der Waals surface area contributed by atoms with Gasteiger partial charge in [-0.3, -0.25) is 0 Å². The van der Waals surface area contributed by atoms with Crippen molar-refractivity contribution < 1.29 is 0 Å². The highest BCUT2D eigenvalue weighted by Gasteiger charge is 2.08. The van der Waals surface area contributed by atoms with Crippen molar-refractivity contribution in [1.29, 1.82) is 0 Å². The first-order valence-electron chi connectivity index (χ1n) is 7.13. The van der Waals surface area contributed by atoms with Crippen molar-refractivity contribution in [1.82, 2.24) is 15.0 Å². The van der Waals surface area contributed by atoms with Gasteiger partial charge in [0.1, 0.15) is 0 Å². The molecule has 2 N–H and O–H groups in total. The van der Waals surface area contributed by atoms with Gasteiger partial charge in [0.15, 0.2) is 0 Å². The lowest BCUT2D eigenvalue weighted by Gasteiger charge is -2.13. The molecule has 5 nitrogen and oxygen atoms in total. The highest BCUT2D eigenvalue weighted by Crippen LogP contribution is 2.16. The van der Waals surface area contributed by atoms with E-state index in [2.05, 4.69) is 51.6 Å². The monoisotopic (exact) mass is 305 g/mol. The molecule has 0 aliphatic rings. The fourth-order valence-corrected chi connectivity index (χ4v) is 2.05. The molecule has 0 radical (unpaired) electrons. The van der Waals surface area contributed by atoms with Gasteiger partial charge in [-0.1, -0.05) is 44.2 Å². The maximum atomic E-state index is 5.92. The minimum absolute atomic E-state index is 0.193. The van der Waals surface area contributed by atoms with Crippen molar-refractivity contribution in [3.8, 4) is 0 Å². The summed E-state index contributed by atoms with van der Waals surface area (Å²) in [5, 5.41) is 6.52. The number of aromatic nitrogens is 3. The van der Waals surface area contributed by atoms with Crippen LogP contribution in [0, 0.1) is 0 Å². The van der Waals surface area contributed by atoms with E-state index in [0.29, 0.717) is 17.8 Å². The molecule has 0 spiro atoms. The summed E-state index contributed by atoms with van der Waals surface area (Å²) in [6.07, 6.45) is 0.997. The summed E-state index contributed by atoms with van der Waals surface area (Å²) >= 11 is 5.92. The van der Waals surface area contributed by atoms with Gasteiger partial charge in [0.25, 0.3) is 0 Å². The number of nitrogens with zero attached hydrogens (tertiary/aromatic N) is 3. The van der Waals surface area contributed by atoms with E-state index in [-0.39, 0.29) is 5.28 Å². The first-order chi connectivity index (χ1) is 10.2. The lowest BCUT2D eigenvalue weighted by atomic mass is 10.0. The summed E-state index contributed by atoms with van der Waals surface area (Å²) in [6, 6.07) is 10.3. The first kappa shape index (κ1) is 15.5. The largest absolute Gasteiger partial charge is 0.354 e. The molecule has 2 rings (SSSR count). The van der Waals surface area contributed by atoms with Crippen LogP contribution in [0.4, 0.5) is 11.9 Å². The number of benzene rings is 1. The summed E-state index contributed by atoms with van der Waals surface area (Å²) in [7, 11) is 0. The Morgan fingerprint density at radius 1 is 1.05 bits per heavy atom. The van der Waals surface area contributed by atoms with Crippen LogP contribution in [0.25, 0.3) is 0 Å². The molecule has 1 unspecified atom stereocenters. The average Bonchev–Trinajstić information content (AvgIpc) is 2.51. The van der Waals surface area contributed by atoms with Crippen molar-refractivity contribution in [3.05, 3.63) is 41.2 Å². The van der Waals surface area contributed by atoms with Crippen LogP contribution in [0.15, 0.2) is 30.3 Å². The van der Waals surface area contributed by atoms with Gasteiger partial charge in [0, 0.05) is 13.1 Å². The smallest absolute Gasteiger partial charge is 0.228 e. The molecule has 2 aromatic rings. The molecular weight excluding hydrogens is 286 g/mol. The maximum absolute atomic E-state index is 5.92. The van der Waals surface area contributed by atoms with Crippen LogP contribution in [0.5, 0.6) is 0 Å². The van der Waals surface area contributed by atoms with E-state index in [1.807, 2.05) is 18.2 Å². The minimum Gasteiger partial charge on any atom is -0.354 e. The molecule has 0 saturated carbocycles. The van der Waals surface area contributed by atoms with Gasteiger partial charge < -0.3 is 10.6 Å². The SMILES string of the molecule is CCCNc1nc(Cl)nc(NCC(C)c2ccccc2)n1. The van der Waals surface area contributed by atoms with E-state index >= 15 is 0 Å². The van der Waals surface area contributed by atoms with Crippen LogP contribution in [0.3, 0.4) is 0 Å². The van der Waals surface area contributed by atoms with E-state index in [0.717, 1.165) is 19.5 Å². The third-order valence-corrected chi connectivity index (χ3v) is 3.25. The Kier molecular flexibility index (Phi) is 5.75. The number of halogens is 1. The molecule has 1 heterocycles. The van der Waals surface area contributed by atoms with E-state index in [9.17, 15) is 0 Å². The zero-order valence-corrected chi connectivity index (χ0v) is 13.1. The summed E-state index contributed by atoms with van der Waals surface area (Å²) in [5.74, 6) is 1.36. The Balaban J connectivity index is 1.97. The van der Waals surface area contributed by atoms with Gasteiger partial charge in [-0.15, -0.1) is 0 Å². The molecule has 0 bridgehead atoms. The average molecular weight is 306 g/mol. The van der Waals surface area contributed by atoms with Crippen LogP contribution in [-0.2, 0) is 0 Å². The number of hydrogen-bond donors (Lipinski definition) is 2. The summed E-state index contributed by atoms with van der Waals surface area (Å²) in [4.78, 5) is 12.5. The molecule has 1 atom stereocenters. The highest BCUT2D eigenvalue weighted by molar-refractivity contribution is 6.28. The van der Waals surface area contributed by atoms with Crippen molar-refractivity contribution >= 4 is 23.5 Å². The van der Waals surface area contributed by atoms with Gasteiger partial charge in [-0.2, -0.15) is 15.0 Å². The fourth-order valence-electron chi connectivity index (χ4n) is 1.89. The summed E-state index contributed by atoms with van der Waals surface area (Å²) in [5.41, 5.74) is 1.27. The summed E-state index contributed by atoms with van der Waals surface area (Å²) in [6.45, 7) is 5.77. The Hall–Kier alpha value is -1.88. The number of anilines is 2. The molecule has 0 fully saturated rings. The Labute approximate surface area is 130 Å². The second-order valence-electron chi connectivity index (χ2n) is 4.87. The quantitative estimate of drug-likeness (QED) is 0.819. The third kappa shape index (κ3) is 4.86. The van der Waals surface area contributed by atoms with Gasteiger partial charge in [0.05, 0.1) is 0 Å². The van der Waals surface area contributed by atoms with Gasteiger partial charge >= 0.3 is 0 Å². The maximum Gasteiger partial charge on any atom is 0.228 e. The highest BCUT2D eigenvalue weighted by atomic mass is 35.5. The zero-order valence-electron chi connectivity index (χ0n) is 12.3. The second-order valence-corrected chi connectivity index (χ2v) is 5.21. The molecule has 0 aliphatic heterocycles. The van der Waals surface area contributed by atoms with Crippen molar-refractivity contribution in [3.63, 3.8) is 0 Å². The molecule has 1 aromatic heterocycles. The van der Waals surface area contributed by atoms with Gasteiger partial charge in [-0.05, 0) is 29.5 Å². The standard InChI is InChI=1S/C15H20ClN5/c1-3-9-17-14-19-13(16)20-15(21-14)18-10-11(2)12-7-5-4-6-8-12/h4-8,11H,3,9-10H2,1-2H3,(H2,17,18,19,20,21). The first-order valence-corrected chi connectivity index (χ1v) is 7.51. The molecule has 112 valence electrons. The lowest BCUT2D eigenvalue weighted by molar-refractivity contribution is 0.794. The van der Waals surface area contributed by atoms with Crippen LogP contribution < -0.4 is 10.6 Å². The van der Waals surface area contributed by atoms with E-state index < -0.39 is 0 Å².